The molecule has 3 rings (SSSR count). The maximum absolute atomic E-state index is 14.0. The molecule has 0 radical (unpaired) electrons. The average Bonchev–Trinajstić information content (AvgIpc) is 3.11. The number of benzene rings is 2. The largest absolute Gasteiger partial charge is 0.346 e. The van der Waals surface area contributed by atoms with Crippen LogP contribution >= 0.6 is 0 Å². The number of carbonyl (C=O) groups excluding carboxylic acids is 1. The molecular formula is C19H19F2N7O. The zero-order valence-corrected chi connectivity index (χ0v) is 15.9. The summed E-state index contributed by atoms with van der Waals surface area (Å²) >= 11 is 0. The Kier molecular flexibility index (Phi) is 6.22. The molecule has 1 N–H and O–H groups in total. The van der Waals surface area contributed by atoms with Crippen LogP contribution in [0.4, 0.5) is 14.6 Å². The maximum Gasteiger partial charge on any atom is 0.276 e. The summed E-state index contributed by atoms with van der Waals surface area (Å²) in [6, 6.07) is 12.9. The Morgan fingerprint density at radius 3 is 2.45 bits per heavy atom. The highest BCUT2D eigenvalue weighted by Crippen LogP contribution is 2.21. The fourth-order valence-electron chi connectivity index (χ4n) is 2.49. The Labute approximate surface area is 165 Å². The highest BCUT2D eigenvalue weighted by atomic mass is 19.1. The van der Waals surface area contributed by atoms with Crippen molar-refractivity contribution >= 4 is 11.7 Å². The molecule has 0 aliphatic heterocycles. The van der Waals surface area contributed by atoms with Crippen LogP contribution in [0.1, 0.15) is 21.6 Å². The molecule has 29 heavy (non-hydrogen) atoms. The molecule has 0 spiro atoms. The Balaban J connectivity index is 1.88. The third-order valence-corrected chi connectivity index (χ3v) is 3.91. The Hall–Kier alpha value is -3.69. The van der Waals surface area contributed by atoms with Crippen molar-refractivity contribution in [2.45, 2.75) is 13.1 Å². The number of amides is 1. The first-order valence-corrected chi connectivity index (χ1v) is 8.73. The van der Waals surface area contributed by atoms with Crippen molar-refractivity contribution in [3.8, 4) is 0 Å². The SMILES string of the molecule is CN(C)N=Nc1c(C(=O)NCc2ccccc2)nnn1Cc1c(F)cccc1F. The van der Waals surface area contributed by atoms with E-state index in [1.807, 2.05) is 30.3 Å². The quantitative estimate of drug-likeness (QED) is 0.489. The normalized spacial score (nSPS) is 11.0. The van der Waals surface area contributed by atoms with Gasteiger partial charge in [-0.05, 0) is 17.7 Å². The van der Waals surface area contributed by atoms with Crippen LogP contribution in [0.3, 0.4) is 0 Å². The lowest BCUT2D eigenvalue weighted by Gasteiger charge is -2.07. The van der Waals surface area contributed by atoms with Gasteiger partial charge in [-0.3, -0.25) is 9.80 Å². The monoisotopic (exact) mass is 399 g/mol. The van der Waals surface area contributed by atoms with Gasteiger partial charge >= 0.3 is 0 Å². The molecule has 0 saturated heterocycles. The fraction of sp³-hybridized carbons (Fsp3) is 0.211. The van der Waals surface area contributed by atoms with Gasteiger partial charge in [0, 0.05) is 26.2 Å². The van der Waals surface area contributed by atoms with Crippen LogP contribution in [0.25, 0.3) is 0 Å². The molecule has 1 amide bonds. The van der Waals surface area contributed by atoms with Crippen molar-refractivity contribution in [1.29, 1.82) is 0 Å². The van der Waals surface area contributed by atoms with Crippen LogP contribution in [0.5, 0.6) is 0 Å². The average molecular weight is 399 g/mol. The van der Waals surface area contributed by atoms with Gasteiger partial charge in [0.2, 0.25) is 5.82 Å². The van der Waals surface area contributed by atoms with Crippen LogP contribution in [0, 0.1) is 11.6 Å². The summed E-state index contributed by atoms with van der Waals surface area (Å²) in [6.07, 6.45) is 0. The molecule has 0 bridgehead atoms. The molecule has 1 aromatic heterocycles. The highest BCUT2D eigenvalue weighted by Gasteiger charge is 2.22. The molecule has 2 aromatic carbocycles. The number of nitrogens with zero attached hydrogens (tertiary/aromatic N) is 6. The molecule has 8 nitrogen and oxygen atoms in total. The molecule has 0 fully saturated rings. The van der Waals surface area contributed by atoms with Gasteiger partial charge in [0.1, 0.15) is 11.6 Å². The molecule has 0 saturated carbocycles. The van der Waals surface area contributed by atoms with Gasteiger partial charge < -0.3 is 5.32 Å². The van der Waals surface area contributed by atoms with E-state index in [2.05, 4.69) is 26.0 Å². The molecule has 10 heteroatoms. The van der Waals surface area contributed by atoms with Gasteiger partial charge in [-0.2, -0.15) is 0 Å². The second-order valence-electron chi connectivity index (χ2n) is 6.32. The zero-order valence-electron chi connectivity index (χ0n) is 15.9. The van der Waals surface area contributed by atoms with E-state index in [9.17, 15) is 13.6 Å². The van der Waals surface area contributed by atoms with E-state index in [0.29, 0.717) is 0 Å². The Morgan fingerprint density at radius 2 is 1.79 bits per heavy atom. The van der Waals surface area contributed by atoms with Gasteiger partial charge in [0.25, 0.3) is 5.91 Å². The van der Waals surface area contributed by atoms with Crippen LogP contribution in [0.2, 0.25) is 0 Å². The molecule has 3 aromatic rings. The Bertz CT molecular complexity index is 998. The van der Waals surface area contributed by atoms with Crippen molar-refractivity contribution in [2.24, 2.45) is 10.3 Å². The van der Waals surface area contributed by atoms with Crippen LogP contribution in [-0.2, 0) is 13.1 Å². The summed E-state index contributed by atoms with van der Waals surface area (Å²) < 4.78 is 29.2. The first-order chi connectivity index (χ1) is 14.0. The molecule has 150 valence electrons. The van der Waals surface area contributed by atoms with Crippen molar-refractivity contribution < 1.29 is 13.6 Å². The third-order valence-electron chi connectivity index (χ3n) is 3.91. The number of nitrogens with one attached hydrogen (secondary N) is 1. The van der Waals surface area contributed by atoms with Crippen molar-refractivity contribution in [2.75, 3.05) is 14.1 Å². The maximum atomic E-state index is 14.0. The van der Waals surface area contributed by atoms with Gasteiger partial charge in [0.05, 0.1) is 6.54 Å². The van der Waals surface area contributed by atoms with E-state index in [1.54, 1.807) is 14.1 Å². The van der Waals surface area contributed by atoms with E-state index < -0.39 is 17.5 Å². The lowest BCUT2D eigenvalue weighted by Crippen LogP contribution is -2.23. The fourth-order valence-corrected chi connectivity index (χ4v) is 2.49. The standard InChI is InChI=1S/C19H19F2N7O/c1-27(2)25-24-18-17(19(29)22-11-13-7-4-3-5-8-13)23-26-28(18)12-14-15(20)9-6-10-16(14)21/h3-10H,11-12H2,1-2H3,(H,22,29). The second-order valence-corrected chi connectivity index (χ2v) is 6.32. The molecule has 0 aliphatic rings. The predicted molar refractivity (Wildman–Crippen MR) is 101 cm³/mol. The van der Waals surface area contributed by atoms with Crippen LogP contribution in [-0.4, -0.2) is 40.0 Å². The first kappa shape index (κ1) is 20.1. The number of hydrogen-bond acceptors (Lipinski definition) is 5. The van der Waals surface area contributed by atoms with Crippen molar-refractivity contribution in [1.82, 2.24) is 25.3 Å². The lowest BCUT2D eigenvalue weighted by molar-refractivity contribution is 0.0946. The molecule has 0 aliphatic carbocycles. The summed E-state index contributed by atoms with van der Waals surface area (Å²) in [4.78, 5) is 12.6. The van der Waals surface area contributed by atoms with Gasteiger partial charge in [0.15, 0.2) is 5.69 Å². The second kappa shape index (κ2) is 9.00. The minimum atomic E-state index is -0.730. The van der Waals surface area contributed by atoms with E-state index in [-0.39, 0.29) is 30.2 Å². The van der Waals surface area contributed by atoms with E-state index in [0.717, 1.165) is 22.4 Å². The number of carbonyl (C=O) groups is 1. The summed E-state index contributed by atoms with van der Waals surface area (Å²) in [5.74, 6) is -1.99. The van der Waals surface area contributed by atoms with E-state index in [4.69, 9.17) is 0 Å². The van der Waals surface area contributed by atoms with Crippen LogP contribution < -0.4 is 5.32 Å². The number of halogens is 2. The molecule has 0 unspecified atom stereocenters. The van der Waals surface area contributed by atoms with E-state index >= 15 is 0 Å². The summed E-state index contributed by atoms with van der Waals surface area (Å²) in [5.41, 5.74) is 0.594. The first-order valence-electron chi connectivity index (χ1n) is 8.73. The minimum Gasteiger partial charge on any atom is -0.346 e. The Morgan fingerprint density at radius 1 is 1.10 bits per heavy atom. The smallest absolute Gasteiger partial charge is 0.276 e. The highest BCUT2D eigenvalue weighted by molar-refractivity contribution is 5.96. The summed E-state index contributed by atoms with van der Waals surface area (Å²) in [5, 5.41) is 19.7. The van der Waals surface area contributed by atoms with Gasteiger partial charge in [-0.25, -0.2) is 13.5 Å². The van der Waals surface area contributed by atoms with Crippen molar-refractivity contribution in [3.63, 3.8) is 0 Å². The minimum absolute atomic E-state index is 0.00749. The number of aromatic nitrogens is 3. The van der Waals surface area contributed by atoms with Gasteiger partial charge in [-0.1, -0.05) is 46.8 Å². The summed E-state index contributed by atoms with van der Waals surface area (Å²) in [6.45, 7) is -0.0159. The van der Waals surface area contributed by atoms with Crippen LogP contribution in [0.15, 0.2) is 58.9 Å². The third kappa shape index (κ3) is 4.98. The van der Waals surface area contributed by atoms with Crippen molar-refractivity contribution in [3.05, 3.63) is 77.0 Å². The van der Waals surface area contributed by atoms with E-state index in [1.165, 1.54) is 11.1 Å². The lowest BCUT2D eigenvalue weighted by atomic mass is 10.2. The molecular weight excluding hydrogens is 380 g/mol. The topological polar surface area (TPSA) is 87.8 Å². The number of hydrogen-bond donors (Lipinski definition) is 1. The molecule has 0 atom stereocenters. The summed E-state index contributed by atoms with van der Waals surface area (Å²) in [7, 11) is 3.28. The predicted octanol–water partition coefficient (Wildman–Crippen LogP) is 3.09. The number of rotatable bonds is 7. The molecule has 1 heterocycles. The zero-order chi connectivity index (χ0) is 20.8. The van der Waals surface area contributed by atoms with Gasteiger partial charge in [-0.15, -0.1) is 10.2 Å².